The summed E-state index contributed by atoms with van der Waals surface area (Å²) >= 11 is 0. The van der Waals surface area contributed by atoms with Gasteiger partial charge in [0.05, 0.1) is 11.0 Å². The summed E-state index contributed by atoms with van der Waals surface area (Å²) in [5.74, 6) is 0. The van der Waals surface area contributed by atoms with Gasteiger partial charge < -0.3 is 4.57 Å². The molecular weight excluding hydrogens is 711 g/mol. The maximum Gasteiger partial charge on any atom is 0.0553 e. The number of hydrogen-bond donors (Lipinski definition) is 0. The van der Waals surface area contributed by atoms with Gasteiger partial charge in [-0.25, -0.2) is 0 Å². The summed E-state index contributed by atoms with van der Waals surface area (Å²) < 4.78 is 2.49. The van der Waals surface area contributed by atoms with Crippen molar-refractivity contribution in [3.05, 3.63) is 200 Å². The largest absolute Gasteiger partial charge is 0.309 e. The zero-order valence-electron chi connectivity index (χ0n) is 32.0. The fourth-order valence-corrected chi connectivity index (χ4v) is 10.8. The van der Waals surface area contributed by atoms with Crippen LogP contribution in [0, 0.1) is 0 Å². The predicted octanol–water partition coefficient (Wildman–Crippen LogP) is 16.2. The van der Waals surface area contributed by atoms with Gasteiger partial charge in [-0.3, -0.25) is 0 Å². The van der Waals surface area contributed by atoms with Gasteiger partial charge in [-0.15, -0.1) is 0 Å². The molecule has 0 saturated heterocycles. The molecule has 0 aliphatic heterocycles. The van der Waals surface area contributed by atoms with E-state index in [-0.39, 0.29) is 0 Å². The minimum absolute atomic E-state index is 1.17. The van der Waals surface area contributed by atoms with Crippen molar-refractivity contribution in [2.75, 3.05) is 0 Å². The zero-order chi connectivity index (χ0) is 38.3. The standard InChI is InChI=1S/C58H33N/c1-2-10-46(11-3-1)59-51-32-44(34-12-14-35(15-13-34)47-26-22-40-18-16-36-6-4-8-38-24-28-49(47)55(40)53(36)38)30-42-20-21-43-31-45(33-52(59)58(43)57(42)51)48-27-23-41-19-17-37-7-5-9-39-25-29-50(48)56(41)54(37)39/h1-33H. The Hall–Kier alpha value is -7.74. The maximum atomic E-state index is 2.49. The first-order valence-electron chi connectivity index (χ1n) is 20.6. The van der Waals surface area contributed by atoms with Crippen LogP contribution in [0.15, 0.2) is 200 Å². The molecule has 13 aromatic carbocycles. The average molecular weight is 744 g/mol. The van der Waals surface area contributed by atoms with Gasteiger partial charge in [-0.05, 0) is 145 Å². The van der Waals surface area contributed by atoms with Gasteiger partial charge in [0, 0.05) is 16.5 Å². The lowest BCUT2D eigenvalue weighted by molar-refractivity contribution is 1.18. The highest BCUT2D eigenvalue weighted by atomic mass is 15.0. The molecule has 0 amide bonds. The van der Waals surface area contributed by atoms with E-state index in [4.69, 9.17) is 0 Å². The third-order valence-electron chi connectivity index (χ3n) is 13.4. The molecule has 0 saturated carbocycles. The van der Waals surface area contributed by atoms with Crippen LogP contribution >= 0.6 is 0 Å². The molecule has 1 heteroatoms. The monoisotopic (exact) mass is 743 g/mol. The molecule has 0 fully saturated rings. The maximum absolute atomic E-state index is 2.49. The summed E-state index contributed by atoms with van der Waals surface area (Å²) in [5, 5.41) is 20.9. The highest BCUT2D eigenvalue weighted by Gasteiger charge is 2.21. The number of benzene rings is 13. The summed E-state index contributed by atoms with van der Waals surface area (Å²) in [6.45, 7) is 0. The van der Waals surface area contributed by atoms with Gasteiger partial charge in [0.2, 0.25) is 0 Å². The Balaban J connectivity index is 0.959. The zero-order valence-corrected chi connectivity index (χ0v) is 32.0. The van der Waals surface area contributed by atoms with Crippen molar-refractivity contribution in [2.24, 2.45) is 0 Å². The Morgan fingerprint density at radius 3 is 1.22 bits per heavy atom. The van der Waals surface area contributed by atoms with E-state index >= 15 is 0 Å². The second-order valence-corrected chi connectivity index (χ2v) is 16.4. The summed E-state index contributed by atoms with van der Waals surface area (Å²) in [6, 6.07) is 75.2. The Bertz CT molecular complexity index is 3950. The molecule has 14 rings (SSSR count). The topological polar surface area (TPSA) is 4.93 Å². The van der Waals surface area contributed by atoms with Crippen LogP contribution in [-0.4, -0.2) is 4.57 Å². The molecular formula is C58H33N. The molecule has 270 valence electrons. The Kier molecular flexibility index (Phi) is 6.08. The molecule has 0 bridgehead atoms. The van der Waals surface area contributed by atoms with Crippen LogP contribution in [0.3, 0.4) is 0 Å². The molecule has 0 radical (unpaired) electrons. The van der Waals surface area contributed by atoms with E-state index in [0.717, 1.165) is 0 Å². The van der Waals surface area contributed by atoms with Crippen LogP contribution in [-0.2, 0) is 0 Å². The van der Waals surface area contributed by atoms with E-state index in [9.17, 15) is 0 Å². The van der Waals surface area contributed by atoms with E-state index in [1.807, 2.05) is 0 Å². The SMILES string of the molecule is c1ccc(-n2c3cc(-c4ccc(-c5ccc6ccc7cccc8ccc5c6c78)cc4)cc4ccc5cc(-c6ccc7ccc8cccc9ccc6c7c89)cc2c5c43)cc1. The van der Waals surface area contributed by atoms with Gasteiger partial charge in [0.1, 0.15) is 0 Å². The molecule has 0 aliphatic rings. The fourth-order valence-electron chi connectivity index (χ4n) is 10.8. The summed E-state index contributed by atoms with van der Waals surface area (Å²) in [7, 11) is 0. The van der Waals surface area contributed by atoms with Crippen molar-refractivity contribution in [2.45, 2.75) is 0 Å². The van der Waals surface area contributed by atoms with Crippen molar-refractivity contribution in [1.29, 1.82) is 0 Å². The van der Waals surface area contributed by atoms with Gasteiger partial charge >= 0.3 is 0 Å². The summed E-state index contributed by atoms with van der Waals surface area (Å²) in [5.41, 5.74) is 11.1. The highest BCUT2D eigenvalue weighted by Crippen LogP contribution is 2.46. The normalized spacial score (nSPS) is 12.4. The minimum atomic E-state index is 1.17. The van der Waals surface area contributed by atoms with Crippen LogP contribution < -0.4 is 0 Å². The van der Waals surface area contributed by atoms with Crippen LogP contribution in [0.25, 0.3) is 136 Å². The van der Waals surface area contributed by atoms with E-state index in [1.165, 1.54) is 136 Å². The molecule has 0 N–H and O–H groups in total. The van der Waals surface area contributed by atoms with Gasteiger partial charge in [-0.2, -0.15) is 0 Å². The lowest BCUT2D eigenvalue weighted by Crippen LogP contribution is -1.94. The van der Waals surface area contributed by atoms with Crippen molar-refractivity contribution < 1.29 is 0 Å². The average Bonchev–Trinajstić information content (AvgIpc) is 3.64. The van der Waals surface area contributed by atoms with Gasteiger partial charge in [0.25, 0.3) is 0 Å². The molecule has 59 heavy (non-hydrogen) atoms. The molecule has 14 aromatic rings. The number of rotatable bonds is 4. The summed E-state index contributed by atoms with van der Waals surface area (Å²) in [4.78, 5) is 0. The van der Waals surface area contributed by atoms with Gasteiger partial charge in [0.15, 0.2) is 0 Å². The van der Waals surface area contributed by atoms with Crippen LogP contribution in [0.5, 0.6) is 0 Å². The highest BCUT2D eigenvalue weighted by molar-refractivity contribution is 6.29. The number of aromatic nitrogens is 1. The van der Waals surface area contributed by atoms with E-state index in [0.29, 0.717) is 0 Å². The first-order chi connectivity index (χ1) is 29.2. The van der Waals surface area contributed by atoms with E-state index in [1.54, 1.807) is 0 Å². The molecule has 0 spiro atoms. The second-order valence-electron chi connectivity index (χ2n) is 16.4. The first kappa shape index (κ1) is 31.4. The molecule has 1 heterocycles. The molecule has 1 aromatic heterocycles. The smallest absolute Gasteiger partial charge is 0.0553 e. The molecule has 0 aliphatic carbocycles. The Morgan fingerprint density at radius 2 is 0.661 bits per heavy atom. The quantitative estimate of drug-likeness (QED) is 0.158. The first-order valence-corrected chi connectivity index (χ1v) is 20.6. The van der Waals surface area contributed by atoms with Crippen LogP contribution in [0.1, 0.15) is 0 Å². The van der Waals surface area contributed by atoms with Gasteiger partial charge in [-0.1, -0.05) is 164 Å². The van der Waals surface area contributed by atoms with E-state index in [2.05, 4.69) is 205 Å². The molecule has 1 nitrogen and oxygen atoms in total. The van der Waals surface area contributed by atoms with Crippen molar-refractivity contribution in [3.63, 3.8) is 0 Å². The Labute approximate surface area is 339 Å². The lowest BCUT2D eigenvalue weighted by Gasteiger charge is -2.15. The van der Waals surface area contributed by atoms with Crippen molar-refractivity contribution >= 4 is 97.2 Å². The number of para-hydroxylation sites is 1. The van der Waals surface area contributed by atoms with Crippen LogP contribution in [0.2, 0.25) is 0 Å². The fraction of sp³-hybridized carbons (Fsp3) is 0. The third-order valence-corrected chi connectivity index (χ3v) is 13.4. The predicted molar refractivity (Wildman–Crippen MR) is 253 cm³/mol. The van der Waals surface area contributed by atoms with E-state index < -0.39 is 0 Å². The third kappa shape index (κ3) is 4.29. The second kappa shape index (κ2) is 11.4. The summed E-state index contributed by atoms with van der Waals surface area (Å²) in [6.07, 6.45) is 0. The molecule has 0 unspecified atom stereocenters. The van der Waals surface area contributed by atoms with Crippen LogP contribution in [0.4, 0.5) is 0 Å². The number of hydrogen-bond acceptors (Lipinski definition) is 0. The van der Waals surface area contributed by atoms with Crippen molar-refractivity contribution in [1.82, 2.24) is 4.57 Å². The lowest BCUT2D eigenvalue weighted by atomic mass is 9.89. The Morgan fingerprint density at radius 1 is 0.237 bits per heavy atom. The minimum Gasteiger partial charge on any atom is -0.309 e. The molecule has 0 atom stereocenters. The van der Waals surface area contributed by atoms with Crippen molar-refractivity contribution in [3.8, 4) is 39.1 Å². The number of nitrogens with zero attached hydrogens (tertiary/aromatic N) is 1.